The maximum Gasteiger partial charge on any atom is 0.265 e. The lowest BCUT2D eigenvalue weighted by atomic mass is 10.1. The number of hydrogen-bond donors (Lipinski definition) is 1. The molecule has 27 heavy (non-hydrogen) atoms. The Morgan fingerprint density at radius 1 is 1.22 bits per heavy atom. The number of amides is 2. The highest BCUT2D eigenvalue weighted by molar-refractivity contribution is 5.99. The average molecular weight is 368 g/mol. The summed E-state index contributed by atoms with van der Waals surface area (Å²) in [5, 5.41) is 2.90. The van der Waals surface area contributed by atoms with Crippen LogP contribution in [0.1, 0.15) is 25.3 Å². The normalized spacial score (nSPS) is 13.0. The van der Waals surface area contributed by atoms with Gasteiger partial charge in [-0.2, -0.15) is 0 Å². The first-order chi connectivity index (χ1) is 13.1. The van der Waals surface area contributed by atoms with Crippen molar-refractivity contribution in [1.82, 2.24) is 0 Å². The molecule has 1 aliphatic rings. The van der Waals surface area contributed by atoms with Crippen molar-refractivity contribution in [2.45, 2.75) is 26.2 Å². The van der Waals surface area contributed by atoms with Gasteiger partial charge in [-0.05, 0) is 42.3 Å². The van der Waals surface area contributed by atoms with Crippen molar-refractivity contribution < 1.29 is 19.1 Å². The first-order valence-electron chi connectivity index (χ1n) is 9.10. The zero-order valence-corrected chi connectivity index (χ0v) is 15.7. The van der Waals surface area contributed by atoms with Crippen LogP contribution in [-0.4, -0.2) is 32.1 Å². The van der Waals surface area contributed by atoms with Crippen LogP contribution in [0, 0.1) is 0 Å². The average Bonchev–Trinajstić information content (AvgIpc) is 2.68. The van der Waals surface area contributed by atoms with Crippen LogP contribution in [0.3, 0.4) is 0 Å². The standard InChI is InChI=1S/C21H24N2O4/c1-3-4-11-23-18-13-16(7-10-19(18)27-14-21(23)25)22-20(24)12-15-5-8-17(26-2)9-6-15/h5-10,13H,3-4,11-12,14H2,1-2H3,(H,22,24). The Morgan fingerprint density at radius 2 is 2.00 bits per heavy atom. The van der Waals surface area contributed by atoms with Gasteiger partial charge in [0, 0.05) is 12.2 Å². The third-order valence-corrected chi connectivity index (χ3v) is 4.44. The Bertz CT molecular complexity index is 817. The number of anilines is 2. The Balaban J connectivity index is 1.70. The summed E-state index contributed by atoms with van der Waals surface area (Å²) in [6, 6.07) is 12.8. The first-order valence-corrected chi connectivity index (χ1v) is 9.10. The van der Waals surface area contributed by atoms with Crippen LogP contribution in [0.4, 0.5) is 11.4 Å². The van der Waals surface area contributed by atoms with Crippen molar-refractivity contribution in [3.8, 4) is 11.5 Å². The number of nitrogens with one attached hydrogen (secondary N) is 1. The molecule has 0 spiro atoms. The van der Waals surface area contributed by atoms with Crippen molar-refractivity contribution in [1.29, 1.82) is 0 Å². The van der Waals surface area contributed by atoms with E-state index in [4.69, 9.17) is 9.47 Å². The SMILES string of the molecule is CCCCN1C(=O)COc2ccc(NC(=O)Cc3ccc(OC)cc3)cc21. The number of nitrogens with zero attached hydrogens (tertiary/aromatic N) is 1. The van der Waals surface area contributed by atoms with Crippen LogP contribution >= 0.6 is 0 Å². The Kier molecular flexibility index (Phi) is 5.96. The molecule has 0 fully saturated rings. The molecule has 6 heteroatoms. The van der Waals surface area contributed by atoms with E-state index >= 15 is 0 Å². The van der Waals surface area contributed by atoms with Crippen LogP contribution in [0.2, 0.25) is 0 Å². The molecule has 6 nitrogen and oxygen atoms in total. The van der Waals surface area contributed by atoms with Crippen LogP contribution in [0.5, 0.6) is 11.5 Å². The molecule has 0 bridgehead atoms. The number of ether oxygens (including phenoxy) is 2. The second-order valence-electron chi connectivity index (χ2n) is 6.44. The number of fused-ring (bicyclic) bond motifs is 1. The fourth-order valence-corrected chi connectivity index (χ4v) is 2.98. The molecular weight excluding hydrogens is 344 g/mol. The highest BCUT2D eigenvalue weighted by Gasteiger charge is 2.25. The van der Waals surface area contributed by atoms with E-state index in [0.29, 0.717) is 23.7 Å². The summed E-state index contributed by atoms with van der Waals surface area (Å²) in [6.07, 6.45) is 2.17. The third-order valence-electron chi connectivity index (χ3n) is 4.44. The summed E-state index contributed by atoms with van der Waals surface area (Å²) < 4.78 is 10.6. The predicted octanol–water partition coefficient (Wildman–Crippen LogP) is 3.40. The van der Waals surface area contributed by atoms with Gasteiger partial charge in [0.15, 0.2) is 6.61 Å². The summed E-state index contributed by atoms with van der Waals surface area (Å²) >= 11 is 0. The second kappa shape index (κ2) is 8.58. The molecule has 0 radical (unpaired) electrons. The molecule has 0 saturated carbocycles. The summed E-state index contributed by atoms with van der Waals surface area (Å²) in [6.45, 7) is 2.79. The van der Waals surface area contributed by atoms with Crippen LogP contribution in [0.15, 0.2) is 42.5 Å². The molecule has 2 aromatic carbocycles. The molecule has 142 valence electrons. The van der Waals surface area contributed by atoms with Crippen molar-refractivity contribution in [2.75, 3.05) is 30.5 Å². The smallest absolute Gasteiger partial charge is 0.265 e. The van der Waals surface area contributed by atoms with E-state index in [2.05, 4.69) is 12.2 Å². The zero-order chi connectivity index (χ0) is 19.2. The molecule has 1 heterocycles. The summed E-state index contributed by atoms with van der Waals surface area (Å²) in [5.74, 6) is 1.24. The molecule has 0 saturated heterocycles. The van der Waals surface area contributed by atoms with Crippen LogP contribution in [-0.2, 0) is 16.0 Å². The fraction of sp³-hybridized carbons (Fsp3) is 0.333. The Labute approximate surface area is 159 Å². The van der Waals surface area contributed by atoms with Gasteiger partial charge < -0.3 is 19.7 Å². The van der Waals surface area contributed by atoms with E-state index in [-0.39, 0.29) is 24.8 Å². The van der Waals surface area contributed by atoms with Gasteiger partial charge in [0.2, 0.25) is 5.91 Å². The molecular formula is C21H24N2O4. The first kappa shape index (κ1) is 18.8. The van der Waals surface area contributed by atoms with Crippen LogP contribution in [0.25, 0.3) is 0 Å². The molecule has 2 amide bonds. The number of carbonyl (C=O) groups is 2. The van der Waals surface area contributed by atoms with Gasteiger partial charge in [-0.1, -0.05) is 25.5 Å². The molecule has 0 unspecified atom stereocenters. The predicted molar refractivity (Wildman–Crippen MR) is 105 cm³/mol. The van der Waals surface area contributed by atoms with E-state index in [9.17, 15) is 9.59 Å². The molecule has 0 aliphatic carbocycles. The lowest BCUT2D eigenvalue weighted by molar-refractivity contribution is -0.121. The highest BCUT2D eigenvalue weighted by Crippen LogP contribution is 2.34. The number of rotatable bonds is 7. The molecule has 1 aliphatic heterocycles. The largest absolute Gasteiger partial charge is 0.497 e. The molecule has 3 rings (SSSR count). The van der Waals surface area contributed by atoms with Crippen molar-refractivity contribution >= 4 is 23.2 Å². The number of unbranched alkanes of at least 4 members (excludes halogenated alkanes) is 1. The van der Waals surface area contributed by atoms with Gasteiger partial charge in [0.05, 0.1) is 19.2 Å². The zero-order valence-electron chi connectivity index (χ0n) is 15.7. The summed E-state index contributed by atoms with van der Waals surface area (Å²) in [5.41, 5.74) is 2.25. The minimum atomic E-state index is -0.122. The van der Waals surface area contributed by atoms with E-state index in [1.165, 1.54) is 0 Å². The van der Waals surface area contributed by atoms with Gasteiger partial charge in [-0.3, -0.25) is 9.59 Å². The monoisotopic (exact) mass is 368 g/mol. The number of methoxy groups -OCH3 is 1. The Morgan fingerprint density at radius 3 is 2.70 bits per heavy atom. The van der Waals surface area contributed by atoms with Gasteiger partial charge >= 0.3 is 0 Å². The summed E-state index contributed by atoms with van der Waals surface area (Å²) in [7, 11) is 1.61. The lowest BCUT2D eigenvalue weighted by Gasteiger charge is -2.29. The fourth-order valence-electron chi connectivity index (χ4n) is 2.98. The van der Waals surface area contributed by atoms with Gasteiger partial charge in [0.25, 0.3) is 5.91 Å². The van der Waals surface area contributed by atoms with E-state index in [0.717, 1.165) is 24.2 Å². The number of benzene rings is 2. The molecule has 0 atom stereocenters. The van der Waals surface area contributed by atoms with Crippen LogP contribution < -0.4 is 19.7 Å². The maximum atomic E-state index is 12.4. The van der Waals surface area contributed by atoms with Crippen molar-refractivity contribution in [3.05, 3.63) is 48.0 Å². The van der Waals surface area contributed by atoms with Gasteiger partial charge in [0.1, 0.15) is 11.5 Å². The van der Waals surface area contributed by atoms with Crippen molar-refractivity contribution in [3.63, 3.8) is 0 Å². The minimum Gasteiger partial charge on any atom is -0.497 e. The quantitative estimate of drug-likeness (QED) is 0.813. The number of carbonyl (C=O) groups excluding carboxylic acids is 2. The molecule has 0 aromatic heterocycles. The molecule has 1 N–H and O–H groups in total. The van der Waals surface area contributed by atoms with E-state index in [1.54, 1.807) is 30.2 Å². The molecule has 2 aromatic rings. The summed E-state index contributed by atoms with van der Waals surface area (Å²) in [4.78, 5) is 26.3. The van der Waals surface area contributed by atoms with E-state index in [1.807, 2.05) is 24.3 Å². The van der Waals surface area contributed by atoms with E-state index < -0.39 is 0 Å². The maximum absolute atomic E-state index is 12.4. The Hall–Kier alpha value is -3.02. The van der Waals surface area contributed by atoms with Crippen molar-refractivity contribution in [2.24, 2.45) is 0 Å². The second-order valence-corrected chi connectivity index (χ2v) is 6.44. The lowest BCUT2D eigenvalue weighted by Crippen LogP contribution is -2.39. The number of hydrogen-bond acceptors (Lipinski definition) is 4. The highest BCUT2D eigenvalue weighted by atomic mass is 16.5. The topological polar surface area (TPSA) is 67.9 Å². The van der Waals surface area contributed by atoms with Gasteiger partial charge in [-0.25, -0.2) is 0 Å². The van der Waals surface area contributed by atoms with Gasteiger partial charge in [-0.15, -0.1) is 0 Å². The third kappa shape index (κ3) is 4.58. The minimum absolute atomic E-state index is 0.0554.